The van der Waals surface area contributed by atoms with E-state index in [2.05, 4.69) is 78.2 Å². The number of rotatable bonds is 9. The molecule has 1 aromatic rings. The van der Waals surface area contributed by atoms with Crippen LogP contribution in [0.4, 0.5) is 0 Å². The first-order valence-electron chi connectivity index (χ1n) is 7.70. The smallest absolute Gasteiger partial charge is 0.0332 e. The Kier molecular flexibility index (Phi) is 8.43. The van der Waals surface area contributed by atoms with Crippen LogP contribution in [0.5, 0.6) is 0 Å². The first-order valence-corrected chi connectivity index (χ1v) is 8.49. The minimum atomic E-state index is 0.453. The molecule has 1 aromatic carbocycles. The van der Waals surface area contributed by atoms with E-state index in [1.807, 2.05) is 0 Å². The highest BCUT2D eigenvalue weighted by Crippen LogP contribution is 2.20. The minimum Gasteiger partial charge on any atom is -0.310 e. The lowest BCUT2D eigenvalue weighted by Gasteiger charge is -2.23. The van der Waals surface area contributed by atoms with Crippen LogP contribution in [0.25, 0.3) is 0 Å². The van der Waals surface area contributed by atoms with Crippen LogP contribution in [0.2, 0.25) is 0 Å². The average Bonchev–Trinajstić information content (AvgIpc) is 2.42. The van der Waals surface area contributed by atoms with Gasteiger partial charge < -0.3 is 10.2 Å². The molecule has 1 atom stereocenters. The van der Waals surface area contributed by atoms with Gasteiger partial charge in [0.15, 0.2) is 0 Å². The molecule has 1 unspecified atom stereocenters. The van der Waals surface area contributed by atoms with Crippen LogP contribution in [0.1, 0.15) is 45.2 Å². The molecule has 2 nitrogen and oxygen atoms in total. The zero-order chi connectivity index (χ0) is 15.0. The third-order valence-electron chi connectivity index (χ3n) is 3.61. The molecule has 0 aromatic heterocycles. The summed E-state index contributed by atoms with van der Waals surface area (Å²) in [6.45, 7) is 10.1. The van der Waals surface area contributed by atoms with E-state index in [0.717, 1.165) is 29.9 Å². The van der Waals surface area contributed by atoms with E-state index in [4.69, 9.17) is 0 Å². The van der Waals surface area contributed by atoms with Crippen molar-refractivity contribution in [3.63, 3.8) is 0 Å². The van der Waals surface area contributed by atoms with Crippen LogP contribution in [0.15, 0.2) is 28.7 Å². The Morgan fingerprint density at radius 2 is 1.70 bits per heavy atom. The molecule has 114 valence electrons. The zero-order valence-electron chi connectivity index (χ0n) is 13.3. The monoisotopic (exact) mass is 340 g/mol. The maximum Gasteiger partial charge on any atom is 0.0332 e. The molecule has 0 saturated heterocycles. The van der Waals surface area contributed by atoms with E-state index in [0.29, 0.717) is 6.04 Å². The number of halogens is 1. The predicted octanol–water partition coefficient (Wildman–Crippen LogP) is 4.47. The van der Waals surface area contributed by atoms with Crippen LogP contribution >= 0.6 is 15.9 Å². The highest BCUT2D eigenvalue weighted by molar-refractivity contribution is 9.10. The van der Waals surface area contributed by atoms with Crippen LogP contribution < -0.4 is 5.32 Å². The van der Waals surface area contributed by atoms with Gasteiger partial charge in [-0.15, -0.1) is 0 Å². The Labute approximate surface area is 133 Å². The number of hydrogen-bond donors (Lipinski definition) is 1. The summed E-state index contributed by atoms with van der Waals surface area (Å²) in [5.74, 6) is 0.786. The van der Waals surface area contributed by atoms with E-state index in [1.165, 1.54) is 18.5 Å². The van der Waals surface area contributed by atoms with Crippen molar-refractivity contribution in [3.05, 3.63) is 34.3 Å². The SMILES string of the molecule is CCNC(CCN(C)CCC(C)C)c1ccc(Br)cc1. The van der Waals surface area contributed by atoms with Crippen molar-refractivity contribution >= 4 is 15.9 Å². The normalized spacial score (nSPS) is 13.2. The van der Waals surface area contributed by atoms with E-state index >= 15 is 0 Å². The first kappa shape index (κ1) is 17.7. The molecule has 0 bridgehead atoms. The molecule has 0 amide bonds. The summed E-state index contributed by atoms with van der Waals surface area (Å²) < 4.78 is 1.14. The number of benzene rings is 1. The summed E-state index contributed by atoms with van der Waals surface area (Å²) in [4.78, 5) is 2.45. The molecule has 0 aliphatic carbocycles. The predicted molar refractivity (Wildman–Crippen MR) is 92.1 cm³/mol. The van der Waals surface area contributed by atoms with Gasteiger partial charge in [-0.25, -0.2) is 0 Å². The molecule has 3 heteroatoms. The summed E-state index contributed by atoms with van der Waals surface area (Å²) in [7, 11) is 2.23. The Morgan fingerprint density at radius 1 is 1.10 bits per heavy atom. The van der Waals surface area contributed by atoms with Gasteiger partial charge in [0.1, 0.15) is 0 Å². The molecule has 0 fully saturated rings. The van der Waals surface area contributed by atoms with E-state index < -0.39 is 0 Å². The fourth-order valence-corrected chi connectivity index (χ4v) is 2.53. The van der Waals surface area contributed by atoms with Crippen molar-refractivity contribution in [2.45, 2.75) is 39.7 Å². The van der Waals surface area contributed by atoms with Gasteiger partial charge in [0.05, 0.1) is 0 Å². The largest absolute Gasteiger partial charge is 0.310 e. The highest BCUT2D eigenvalue weighted by Gasteiger charge is 2.11. The maximum atomic E-state index is 3.60. The summed E-state index contributed by atoms with van der Waals surface area (Å²) in [5, 5.41) is 3.60. The number of hydrogen-bond acceptors (Lipinski definition) is 2. The minimum absolute atomic E-state index is 0.453. The molecule has 1 rings (SSSR count). The lowest BCUT2D eigenvalue weighted by molar-refractivity contribution is 0.290. The Balaban J connectivity index is 2.48. The Hall–Kier alpha value is -0.380. The summed E-state index contributed by atoms with van der Waals surface area (Å²) in [6.07, 6.45) is 2.44. The fraction of sp³-hybridized carbons (Fsp3) is 0.647. The van der Waals surface area contributed by atoms with E-state index in [1.54, 1.807) is 0 Å². The van der Waals surface area contributed by atoms with E-state index in [-0.39, 0.29) is 0 Å². The van der Waals surface area contributed by atoms with Crippen molar-refractivity contribution in [1.29, 1.82) is 0 Å². The first-order chi connectivity index (χ1) is 9.52. The second kappa shape index (κ2) is 9.54. The molecule has 1 N–H and O–H groups in total. The fourth-order valence-electron chi connectivity index (χ4n) is 2.27. The Bertz CT molecular complexity index is 362. The lowest BCUT2D eigenvalue weighted by Crippen LogP contribution is -2.28. The van der Waals surface area contributed by atoms with Gasteiger partial charge in [-0.1, -0.05) is 48.8 Å². The van der Waals surface area contributed by atoms with Crippen molar-refractivity contribution in [2.75, 3.05) is 26.7 Å². The third-order valence-corrected chi connectivity index (χ3v) is 4.14. The van der Waals surface area contributed by atoms with Crippen molar-refractivity contribution in [1.82, 2.24) is 10.2 Å². The highest BCUT2D eigenvalue weighted by atomic mass is 79.9. The molecular weight excluding hydrogens is 312 g/mol. The number of nitrogens with zero attached hydrogens (tertiary/aromatic N) is 1. The van der Waals surface area contributed by atoms with Gasteiger partial charge in [-0.05, 0) is 63.1 Å². The maximum absolute atomic E-state index is 3.60. The summed E-state index contributed by atoms with van der Waals surface area (Å²) >= 11 is 3.50. The second-order valence-corrected chi connectivity index (χ2v) is 6.85. The van der Waals surface area contributed by atoms with Crippen molar-refractivity contribution < 1.29 is 0 Å². The second-order valence-electron chi connectivity index (χ2n) is 5.94. The number of nitrogens with one attached hydrogen (secondary N) is 1. The van der Waals surface area contributed by atoms with Crippen molar-refractivity contribution in [2.24, 2.45) is 5.92 Å². The standard InChI is InChI=1S/C17H29BrN2/c1-5-19-17(15-6-8-16(18)9-7-15)11-13-20(4)12-10-14(2)3/h6-9,14,17,19H,5,10-13H2,1-4H3. The molecule has 0 aliphatic rings. The van der Waals surface area contributed by atoms with E-state index in [9.17, 15) is 0 Å². The Morgan fingerprint density at radius 3 is 2.25 bits per heavy atom. The third kappa shape index (κ3) is 6.87. The molecule has 0 aliphatic heterocycles. The topological polar surface area (TPSA) is 15.3 Å². The quantitative estimate of drug-likeness (QED) is 0.713. The van der Waals surface area contributed by atoms with Crippen LogP contribution in [0.3, 0.4) is 0 Å². The van der Waals surface area contributed by atoms with Crippen molar-refractivity contribution in [3.8, 4) is 0 Å². The molecule has 0 radical (unpaired) electrons. The molecule has 20 heavy (non-hydrogen) atoms. The molecular formula is C17H29BrN2. The molecule has 0 heterocycles. The molecule has 0 saturated carbocycles. The van der Waals surface area contributed by atoms with Crippen LogP contribution in [0, 0.1) is 5.92 Å². The van der Waals surface area contributed by atoms with Gasteiger partial charge in [-0.3, -0.25) is 0 Å². The van der Waals surface area contributed by atoms with Gasteiger partial charge in [0, 0.05) is 10.5 Å². The zero-order valence-corrected chi connectivity index (χ0v) is 14.9. The van der Waals surface area contributed by atoms with Gasteiger partial charge in [0.2, 0.25) is 0 Å². The van der Waals surface area contributed by atoms with Gasteiger partial charge in [-0.2, -0.15) is 0 Å². The lowest BCUT2D eigenvalue weighted by atomic mass is 10.0. The van der Waals surface area contributed by atoms with Crippen LogP contribution in [-0.4, -0.2) is 31.6 Å². The summed E-state index contributed by atoms with van der Waals surface area (Å²) in [6, 6.07) is 9.14. The van der Waals surface area contributed by atoms with Gasteiger partial charge in [0.25, 0.3) is 0 Å². The molecule has 0 spiro atoms. The van der Waals surface area contributed by atoms with Crippen LogP contribution in [-0.2, 0) is 0 Å². The average molecular weight is 341 g/mol. The van der Waals surface area contributed by atoms with Gasteiger partial charge >= 0.3 is 0 Å². The summed E-state index contributed by atoms with van der Waals surface area (Å²) in [5.41, 5.74) is 1.38.